The first-order valence-electron chi connectivity index (χ1n) is 6.17. The molecule has 0 bridgehead atoms. The fraction of sp³-hybridized carbons (Fsp3) is 1.00. The van der Waals surface area contributed by atoms with Crippen LogP contribution >= 0.6 is 0 Å². The lowest BCUT2D eigenvalue weighted by atomic mass is 10.1. The summed E-state index contributed by atoms with van der Waals surface area (Å²) in [6.45, 7) is 11.3. The molecule has 1 aliphatic rings. The Labute approximate surface area is 93.7 Å². The molecule has 0 aromatic carbocycles. The van der Waals surface area contributed by atoms with E-state index >= 15 is 0 Å². The van der Waals surface area contributed by atoms with E-state index in [0.717, 1.165) is 52.0 Å². The normalized spacial score (nSPS) is 18.6. The van der Waals surface area contributed by atoms with Gasteiger partial charge in [-0.2, -0.15) is 0 Å². The van der Waals surface area contributed by atoms with Gasteiger partial charge in [0.05, 0.1) is 19.8 Å². The Morgan fingerprint density at radius 2 is 1.93 bits per heavy atom. The summed E-state index contributed by atoms with van der Waals surface area (Å²) < 4.78 is 10.9. The van der Waals surface area contributed by atoms with Gasteiger partial charge in [-0.3, -0.25) is 4.90 Å². The molecule has 3 nitrogen and oxygen atoms in total. The number of hydrogen-bond acceptors (Lipinski definition) is 3. The monoisotopic (exact) mass is 215 g/mol. The Hall–Kier alpha value is -0.120. The highest BCUT2D eigenvalue weighted by atomic mass is 16.5. The third-order valence-electron chi connectivity index (χ3n) is 2.73. The van der Waals surface area contributed by atoms with Crippen LogP contribution in [0.25, 0.3) is 0 Å². The number of morpholine rings is 1. The highest BCUT2D eigenvalue weighted by molar-refractivity contribution is 4.60. The minimum Gasteiger partial charge on any atom is -0.380 e. The van der Waals surface area contributed by atoms with E-state index in [1.807, 2.05) is 0 Å². The van der Waals surface area contributed by atoms with Gasteiger partial charge in [0.15, 0.2) is 0 Å². The van der Waals surface area contributed by atoms with Gasteiger partial charge in [0, 0.05) is 26.2 Å². The van der Waals surface area contributed by atoms with Crippen LogP contribution in [-0.4, -0.2) is 51.0 Å². The van der Waals surface area contributed by atoms with Crippen molar-refractivity contribution in [3.05, 3.63) is 0 Å². The molecule has 0 amide bonds. The van der Waals surface area contributed by atoms with Crippen molar-refractivity contribution in [3.63, 3.8) is 0 Å². The molecule has 1 aliphatic heterocycles. The van der Waals surface area contributed by atoms with Crippen molar-refractivity contribution in [2.24, 2.45) is 5.92 Å². The predicted molar refractivity (Wildman–Crippen MR) is 62.2 cm³/mol. The van der Waals surface area contributed by atoms with Gasteiger partial charge in [0.25, 0.3) is 0 Å². The number of ether oxygens (including phenoxy) is 2. The summed E-state index contributed by atoms with van der Waals surface area (Å²) in [5.41, 5.74) is 0. The second kappa shape index (κ2) is 8.08. The van der Waals surface area contributed by atoms with Crippen LogP contribution in [0.5, 0.6) is 0 Å². The van der Waals surface area contributed by atoms with E-state index in [-0.39, 0.29) is 0 Å². The van der Waals surface area contributed by atoms with Gasteiger partial charge >= 0.3 is 0 Å². The first-order valence-corrected chi connectivity index (χ1v) is 6.17. The van der Waals surface area contributed by atoms with E-state index in [1.165, 1.54) is 12.8 Å². The highest BCUT2D eigenvalue weighted by Crippen LogP contribution is 2.03. The minimum atomic E-state index is 0.799. The maximum absolute atomic E-state index is 5.60. The molecule has 1 rings (SSSR count). The number of hydrogen-bond donors (Lipinski definition) is 0. The fourth-order valence-corrected chi connectivity index (χ4v) is 1.71. The minimum absolute atomic E-state index is 0.799. The second-order valence-electron chi connectivity index (χ2n) is 4.60. The second-order valence-corrected chi connectivity index (χ2v) is 4.60. The fourth-order valence-electron chi connectivity index (χ4n) is 1.71. The predicted octanol–water partition coefficient (Wildman–Crippen LogP) is 1.77. The molecule has 0 aromatic heterocycles. The lowest BCUT2D eigenvalue weighted by Crippen LogP contribution is -2.38. The Morgan fingerprint density at radius 1 is 1.20 bits per heavy atom. The molecule has 3 heteroatoms. The summed E-state index contributed by atoms with van der Waals surface area (Å²) in [6.07, 6.45) is 2.47. The van der Waals surface area contributed by atoms with Crippen LogP contribution in [0, 0.1) is 5.92 Å². The number of rotatable bonds is 7. The molecule has 15 heavy (non-hydrogen) atoms. The standard InChI is InChI=1S/C12H25NO2/c1-12(2)4-3-8-14-9-5-13-6-10-15-11-7-13/h12H,3-11H2,1-2H3. The molecule has 0 N–H and O–H groups in total. The molecule has 0 aliphatic carbocycles. The number of nitrogens with zero attached hydrogens (tertiary/aromatic N) is 1. The average Bonchev–Trinajstić information content (AvgIpc) is 2.24. The Bertz CT molecular complexity index is 145. The van der Waals surface area contributed by atoms with Crippen molar-refractivity contribution < 1.29 is 9.47 Å². The lowest BCUT2D eigenvalue weighted by Gasteiger charge is -2.26. The van der Waals surface area contributed by atoms with E-state index < -0.39 is 0 Å². The molecule has 1 saturated heterocycles. The van der Waals surface area contributed by atoms with Crippen LogP contribution in [0.2, 0.25) is 0 Å². The Morgan fingerprint density at radius 3 is 2.60 bits per heavy atom. The van der Waals surface area contributed by atoms with Crippen molar-refractivity contribution in [3.8, 4) is 0 Å². The lowest BCUT2D eigenvalue weighted by molar-refractivity contribution is 0.0198. The SMILES string of the molecule is CC(C)CCCOCCN1CCOCC1. The maximum Gasteiger partial charge on any atom is 0.0594 e. The molecule has 0 spiro atoms. The average molecular weight is 215 g/mol. The first kappa shape index (κ1) is 12.9. The van der Waals surface area contributed by atoms with E-state index in [2.05, 4.69) is 18.7 Å². The quantitative estimate of drug-likeness (QED) is 0.604. The van der Waals surface area contributed by atoms with Crippen molar-refractivity contribution in [2.75, 3.05) is 46.1 Å². The van der Waals surface area contributed by atoms with Gasteiger partial charge in [0.1, 0.15) is 0 Å². The van der Waals surface area contributed by atoms with Gasteiger partial charge in [0.2, 0.25) is 0 Å². The molecule has 1 fully saturated rings. The van der Waals surface area contributed by atoms with Gasteiger partial charge < -0.3 is 9.47 Å². The summed E-state index contributed by atoms with van der Waals surface area (Å²) >= 11 is 0. The van der Waals surface area contributed by atoms with E-state index in [0.29, 0.717) is 0 Å². The first-order chi connectivity index (χ1) is 7.29. The summed E-state index contributed by atoms with van der Waals surface area (Å²) in [6, 6.07) is 0. The zero-order valence-electron chi connectivity index (χ0n) is 10.2. The van der Waals surface area contributed by atoms with E-state index in [4.69, 9.17) is 9.47 Å². The molecule has 0 radical (unpaired) electrons. The molecule has 0 unspecified atom stereocenters. The molecule has 90 valence electrons. The molecular weight excluding hydrogens is 190 g/mol. The molecule has 0 atom stereocenters. The Balaban J connectivity index is 1.83. The smallest absolute Gasteiger partial charge is 0.0594 e. The molecule has 1 heterocycles. The van der Waals surface area contributed by atoms with Gasteiger partial charge in [-0.1, -0.05) is 13.8 Å². The van der Waals surface area contributed by atoms with Crippen molar-refractivity contribution in [1.29, 1.82) is 0 Å². The van der Waals surface area contributed by atoms with Crippen LogP contribution in [0.15, 0.2) is 0 Å². The van der Waals surface area contributed by atoms with Crippen molar-refractivity contribution in [2.45, 2.75) is 26.7 Å². The molecule has 0 saturated carbocycles. The zero-order chi connectivity index (χ0) is 10.9. The summed E-state index contributed by atoms with van der Waals surface area (Å²) in [4.78, 5) is 2.41. The summed E-state index contributed by atoms with van der Waals surface area (Å²) in [5, 5.41) is 0. The van der Waals surface area contributed by atoms with E-state index in [9.17, 15) is 0 Å². The van der Waals surface area contributed by atoms with Gasteiger partial charge in [-0.05, 0) is 18.8 Å². The van der Waals surface area contributed by atoms with Crippen LogP contribution in [0.1, 0.15) is 26.7 Å². The Kier molecular flexibility index (Phi) is 6.98. The van der Waals surface area contributed by atoms with Crippen LogP contribution in [0.4, 0.5) is 0 Å². The molecular formula is C12H25NO2. The topological polar surface area (TPSA) is 21.7 Å². The largest absolute Gasteiger partial charge is 0.380 e. The third kappa shape index (κ3) is 6.88. The highest BCUT2D eigenvalue weighted by Gasteiger charge is 2.08. The zero-order valence-corrected chi connectivity index (χ0v) is 10.2. The van der Waals surface area contributed by atoms with E-state index in [1.54, 1.807) is 0 Å². The summed E-state index contributed by atoms with van der Waals surface area (Å²) in [5.74, 6) is 0.799. The van der Waals surface area contributed by atoms with Gasteiger partial charge in [-0.25, -0.2) is 0 Å². The van der Waals surface area contributed by atoms with Crippen molar-refractivity contribution >= 4 is 0 Å². The van der Waals surface area contributed by atoms with Crippen LogP contribution in [0.3, 0.4) is 0 Å². The van der Waals surface area contributed by atoms with Crippen LogP contribution in [-0.2, 0) is 9.47 Å². The van der Waals surface area contributed by atoms with Crippen LogP contribution < -0.4 is 0 Å². The third-order valence-corrected chi connectivity index (χ3v) is 2.73. The van der Waals surface area contributed by atoms with Crippen molar-refractivity contribution in [1.82, 2.24) is 4.90 Å². The van der Waals surface area contributed by atoms with Gasteiger partial charge in [-0.15, -0.1) is 0 Å². The summed E-state index contributed by atoms with van der Waals surface area (Å²) in [7, 11) is 0. The maximum atomic E-state index is 5.60. The molecule has 0 aromatic rings.